The molecule has 0 aliphatic carbocycles. The molecule has 0 atom stereocenters. The summed E-state index contributed by atoms with van der Waals surface area (Å²) in [7, 11) is -3.73. The zero-order valence-corrected chi connectivity index (χ0v) is 25.4. The molecule has 0 amide bonds. The Labute approximate surface area is 260 Å². The summed E-state index contributed by atoms with van der Waals surface area (Å²) in [5, 5.41) is 0. The number of aromatic nitrogens is 4. The van der Waals surface area contributed by atoms with Crippen LogP contribution < -0.4 is 19.3 Å². The van der Waals surface area contributed by atoms with E-state index in [2.05, 4.69) is 29.7 Å². The lowest BCUT2D eigenvalue weighted by atomic mass is 9.78. The minimum Gasteiger partial charge on any atom is -0.487 e. The summed E-state index contributed by atoms with van der Waals surface area (Å²) in [5.74, 6) is 2.47. The molecule has 2 aromatic carbocycles. The third-order valence-electron chi connectivity index (χ3n) is 8.75. The molecule has 0 radical (unpaired) electrons. The first-order valence-corrected chi connectivity index (χ1v) is 16.4. The zero-order chi connectivity index (χ0) is 30.5. The van der Waals surface area contributed by atoms with Crippen LogP contribution in [0.3, 0.4) is 0 Å². The van der Waals surface area contributed by atoms with Crippen molar-refractivity contribution in [2.75, 3.05) is 62.4 Å². The van der Waals surface area contributed by atoms with Crippen LogP contribution in [0.1, 0.15) is 11.4 Å². The number of hydrogen-bond acceptors (Lipinski definition) is 12. The fourth-order valence-corrected chi connectivity index (χ4v) is 7.33. The third kappa shape index (κ3) is 5.45. The van der Waals surface area contributed by atoms with E-state index in [4.69, 9.17) is 18.9 Å². The van der Waals surface area contributed by atoms with Gasteiger partial charge in [-0.15, -0.1) is 0 Å². The Morgan fingerprint density at radius 3 is 1.38 bits per heavy atom. The van der Waals surface area contributed by atoms with Crippen LogP contribution in [0.25, 0.3) is 0 Å². The maximum Gasteiger partial charge on any atom is 0.225 e. The SMILES string of the molecule is O=S(=O)(c1ccc(OCc2ccnc(N3CC4(COC4)C3)n2)cc1)c1ccc(OCc2ccnc(N3CC4(COC4)C3)n2)cc1. The number of anilines is 2. The van der Waals surface area contributed by atoms with E-state index in [1.165, 1.54) is 0 Å². The van der Waals surface area contributed by atoms with E-state index in [1.54, 1.807) is 60.9 Å². The van der Waals surface area contributed by atoms with Gasteiger partial charge in [0.15, 0.2) is 0 Å². The highest BCUT2D eigenvalue weighted by molar-refractivity contribution is 7.91. The molecule has 2 aromatic heterocycles. The first-order valence-electron chi connectivity index (χ1n) is 14.9. The average molecular weight is 629 g/mol. The van der Waals surface area contributed by atoms with Gasteiger partial charge in [0.05, 0.1) is 58.4 Å². The predicted octanol–water partition coefficient (Wildman–Crippen LogP) is 2.93. The number of ether oxygens (including phenoxy) is 4. The lowest BCUT2D eigenvalue weighted by Gasteiger charge is -2.54. The second-order valence-electron chi connectivity index (χ2n) is 12.4. The van der Waals surface area contributed by atoms with Gasteiger partial charge >= 0.3 is 0 Å². The lowest BCUT2D eigenvalue weighted by Crippen LogP contribution is -2.66. The van der Waals surface area contributed by atoms with Crippen molar-refractivity contribution in [3.8, 4) is 11.5 Å². The van der Waals surface area contributed by atoms with Crippen molar-refractivity contribution in [1.82, 2.24) is 19.9 Å². The van der Waals surface area contributed by atoms with Crippen molar-refractivity contribution in [3.05, 3.63) is 84.4 Å². The molecule has 0 bridgehead atoms. The highest BCUT2D eigenvalue weighted by Gasteiger charge is 2.50. The molecule has 0 unspecified atom stereocenters. The normalized spacial score (nSPS) is 19.3. The smallest absolute Gasteiger partial charge is 0.225 e. The number of hydrogen-bond donors (Lipinski definition) is 0. The van der Waals surface area contributed by atoms with E-state index in [0.717, 1.165) is 64.0 Å². The number of sulfone groups is 1. The molecule has 232 valence electrons. The Bertz CT molecular complexity index is 1670. The lowest BCUT2D eigenvalue weighted by molar-refractivity contribution is -0.127. The van der Waals surface area contributed by atoms with Crippen molar-refractivity contribution in [2.45, 2.75) is 23.0 Å². The Kier molecular flexibility index (Phi) is 6.84. The maximum absolute atomic E-state index is 13.3. The van der Waals surface area contributed by atoms with E-state index in [1.807, 2.05) is 12.1 Å². The summed E-state index contributed by atoms with van der Waals surface area (Å²) in [6, 6.07) is 16.4. The van der Waals surface area contributed by atoms with Crippen molar-refractivity contribution in [1.29, 1.82) is 0 Å². The summed E-state index contributed by atoms with van der Waals surface area (Å²) in [6.45, 7) is 7.34. The van der Waals surface area contributed by atoms with Gasteiger partial charge in [0.2, 0.25) is 21.7 Å². The molecule has 8 rings (SSSR count). The third-order valence-corrected chi connectivity index (χ3v) is 10.5. The fraction of sp³-hybridized carbons (Fsp3) is 0.375. The van der Waals surface area contributed by atoms with Crippen molar-refractivity contribution in [2.24, 2.45) is 10.8 Å². The van der Waals surface area contributed by atoms with E-state index in [-0.39, 0.29) is 33.8 Å². The van der Waals surface area contributed by atoms with Gasteiger partial charge in [0.25, 0.3) is 0 Å². The summed E-state index contributed by atoms with van der Waals surface area (Å²) < 4.78 is 49.0. The van der Waals surface area contributed by atoms with Gasteiger partial charge in [0.1, 0.15) is 24.7 Å². The van der Waals surface area contributed by atoms with Gasteiger partial charge in [-0.25, -0.2) is 28.4 Å². The Balaban J connectivity index is 0.847. The van der Waals surface area contributed by atoms with Crippen LogP contribution in [0, 0.1) is 10.8 Å². The summed E-state index contributed by atoms with van der Waals surface area (Å²) >= 11 is 0. The number of rotatable bonds is 10. The first-order chi connectivity index (χ1) is 21.9. The molecule has 0 N–H and O–H groups in total. The van der Waals surface area contributed by atoms with Crippen LogP contribution in [0.2, 0.25) is 0 Å². The van der Waals surface area contributed by atoms with Crippen molar-refractivity contribution < 1.29 is 27.4 Å². The molecule has 4 fully saturated rings. The Hall–Kier alpha value is -4.33. The van der Waals surface area contributed by atoms with Crippen LogP contribution in [0.15, 0.2) is 82.8 Å². The molecule has 4 aliphatic rings. The van der Waals surface area contributed by atoms with E-state index >= 15 is 0 Å². The average Bonchev–Trinajstić information content (AvgIpc) is 2.97. The second kappa shape index (κ2) is 10.9. The molecule has 6 heterocycles. The molecular weight excluding hydrogens is 596 g/mol. The molecule has 12 nitrogen and oxygen atoms in total. The number of benzene rings is 2. The summed E-state index contributed by atoms with van der Waals surface area (Å²) in [6.07, 6.45) is 3.46. The van der Waals surface area contributed by atoms with Crippen LogP contribution >= 0.6 is 0 Å². The first kappa shape index (κ1) is 28.2. The van der Waals surface area contributed by atoms with Crippen LogP contribution in [0.4, 0.5) is 11.9 Å². The van der Waals surface area contributed by atoms with Gasteiger partial charge < -0.3 is 28.7 Å². The topological polar surface area (TPSA) is 129 Å². The minimum absolute atomic E-state index is 0.175. The molecule has 13 heteroatoms. The second-order valence-corrected chi connectivity index (χ2v) is 14.4. The zero-order valence-electron chi connectivity index (χ0n) is 24.5. The van der Waals surface area contributed by atoms with Gasteiger partial charge in [0, 0.05) is 38.6 Å². The summed E-state index contributed by atoms with van der Waals surface area (Å²) in [4.78, 5) is 22.7. The highest BCUT2D eigenvalue weighted by atomic mass is 32.2. The molecule has 4 aliphatic heterocycles. The van der Waals surface area contributed by atoms with E-state index in [9.17, 15) is 8.42 Å². The monoisotopic (exact) mass is 628 g/mol. The molecule has 4 saturated heterocycles. The molecule has 2 spiro atoms. The van der Waals surface area contributed by atoms with Crippen LogP contribution in [-0.2, 0) is 32.5 Å². The molecular formula is C32H32N6O6S. The van der Waals surface area contributed by atoms with Crippen LogP contribution in [-0.4, -0.2) is 81.0 Å². The van der Waals surface area contributed by atoms with Gasteiger partial charge in [-0.2, -0.15) is 0 Å². The standard InChI is InChI=1S/C32H32N6O6S/c39-45(40,27-5-1-25(2-6-27)43-13-23-9-11-33-29(35-23)37-15-31(16-37)19-41-20-31)28-7-3-26(4-8-28)44-14-24-10-12-34-30(36-24)38-17-32(18-38)21-42-22-32/h1-12H,13-22H2. The molecule has 45 heavy (non-hydrogen) atoms. The predicted molar refractivity (Wildman–Crippen MR) is 162 cm³/mol. The maximum atomic E-state index is 13.3. The Morgan fingerprint density at radius 2 is 1.02 bits per heavy atom. The van der Waals surface area contributed by atoms with Crippen molar-refractivity contribution >= 4 is 21.7 Å². The highest BCUT2D eigenvalue weighted by Crippen LogP contribution is 2.40. The molecule has 4 aromatic rings. The minimum atomic E-state index is -3.73. The number of nitrogens with zero attached hydrogens (tertiary/aromatic N) is 6. The van der Waals surface area contributed by atoms with Gasteiger partial charge in [-0.3, -0.25) is 0 Å². The van der Waals surface area contributed by atoms with E-state index in [0.29, 0.717) is 23.4 Å². The van der Waals surface area contributed by atoms with Crippen molar-refractivity contribution in [3.63, 3.8) is 0 Å². The Morgan fingerprint density at radius 1 is 0.622 bits per heavy atom. The van der Waals surface area contributed by atoms with Gasteiger partial charge in [-0.1, -0.05) is 0 Å². The fourth-order valence-electron chi connectivity index (χ4n) is 6.07. The van der Waals surface area contributed by atoms with E-state index < -0.39 is 9.84 Å². The summed E-state index contributed by atoms with van der Waals surface area (Å²) in [5.41, 5.74) is 2.05. The van der Waals surface area contributed by atoms with Gasteiger partial charge in [-0.05, 0) is 60.7 Å². The largest absolute Gasteiger partial charge is 0.487 e. The molecule has 0 saturated carbocycles. The quantitative estimate of drug-likeness (QED) is 0.256. The van der Waals surface area contributed by atoms with Crippen LogP contribution in [0.5, 0.6) is 11.5 Å².